The molecule has 158 valence electrons. The summed E-state index contributed by atoms with van der Waals surface area (Å²) in [4.78, 5) is 9.15. The minimum absolute atomic E-state index is 0.637. The predicted octanol–water partition coefficient (Wildman–Crippen LogP) is 8.58. The highest BCUT2D eigenvalue weighted by Crippen LogP contribution is 2.31. The van der Waals surface area contributed by atoms with Crippen LogP contribution in [0, 0.1) is 5.92 Å². The van der Waals surface area contributed by atoms with Crippen LogP contribution in [0.1, 0.15) is 123 Å². The zero-order valence-corrected chi connectivity index (χ0v) is 18.7. The zero-order valence-electron chi connectivity index (χ0n) is 18.7. The Hall–Kier alpha value is -1.18. The number of unbranched alkanes of at least 4 members (excludes halogenated alkanes) is 13. The molecule has 0 radical (unpaired) electrons. The normalized spacial score (nSPS) is 16.1. The summed E-state index contributed by atoms with van der Waals surface area (Å²) >= 11 is 0. The van der Waals surface area contributed by atoms with Gasteiger partial charge in [-0.05, 0) is 12.8 Å². The van der Waals surface area contributed by atoms with Gasteiger partial charge in [-0.25, -0.2) is 0 Å². The topological polar surface area (TPSA) is 24.7 Å². The van der Waals surface area contributed by atoms with Gasteiger partial charge < -0.3 is 0 Å². The van der Waals surface area contributed by atoms with Crippen LogP contribution in [0.3, 0.4) is 0 Å². The van der Waals surface area contributed by atoms with Crippen molar-refractivity contribution >= 4 is 11.9 Å². The fraction of sp³-hybridized carbons (Fsp3) is 0.769. The molecule has 0 amide bonds. The lowest BCUT2D eigenvalue weighted by Crippen LogP contribution is -2.15. The SMILES string of the molecule is CCCCCCCCCCCC(CCCCCCCC)C1=NC=C2C=NC=C21. The molecule has 2 nitrogen and oxygen atoms in total. The Labute approximate surface area is 174 Å². The number of aliphatic imine (C=N–C) groups is 2. The average molecular weight is 385 g/mol. The van der Waals surface area contributed by atoms with Crippen molar-refractivity contribution in [2.24, 2.45) is 15.9 Å². The second kappa shape index (κ2) is 14.8. The molecule has 0 fully saturated rings. The first kappa shape index (κ1) is 23.1. The third-order valence-corrected chi connectivity index (χ3v) is 6.30. The molecule has 0 spiro atoms. The molecule has 2 aliphatic heterocycles. The quantitative estimate of drug-likeness (QED) is 0.211. The van der Waals surface area contributed by atoms with Gasteiger partial charge in [-0.15, -0.1) is 0 Å². The lowest BCUT2D eigenvalue weighted by molar-refractivity contribution is 0.482. The highest BCUT2D eigenvalue weighted by Gasteiger charge is 2.26. The molecule has 0 bridgehead atoms. The van der Waals surface area contributed by atoms with E-state index in [1.165, 1.54) is 126 Å². The summed E-state index contributed by atoms with van der Waals surface area (Å²) in [6.45, 7) is 4.59. The number of rotatable bonds is 18. The van der Waals surface area contributed by atoms with Crippen molar-refractivity contribution in [3.05, 3.63) is 23.5 Å². The van der Waals surface area contributed by atoms with Crippen LogP contribution >= 0.6 is 0 Å². The Bertz CT molecular complexity index is 539. The van der Waals surface area contributed by atoms with Crippen LogP contribution in [0.5, 0.6) is 0 Å². The van der Waals surface area contributed by atoms with E-state index in [1.807, 2.05) is 18.6 Å². The summed E-state index contributed by atoms with van der Waals surface area (Å²) in [5.41, 5.74) is 3.88. The van der Waals surface area contributed by atoms with E-state index in [1.54, 1.807) is 0 Å². The maximum absolute atomic E-state index is 4.80. The van der Waals surface area contributed by atoms with Crippen LogP contribution in [-0.2, 0) is 0 Å². The number of hydrogen-bond acceptors (Lipinski definition) is 2. The lowest BCUT2D eigenvalue weighted by atomic mass is 9.86. The van der Waals surface area contributed by atoms with E-state index in [0.717, 1.165) is 0 Å². The summed E-state index contributed by atoms with van der Waals surface area (Å²) in [6, 6.07) is 0. The van der Waals surface area contributed by atoms with Crippen molar-refractivity contribution in [1.29, 1.82) is 0 Å². The molecule has 0 aliphatic carbocycles. The minimum Gasteiger partial charge on any atom is -0.263 e. The van der Waals surface area contributed by atoms with Crippen molar-refractivity contribution in [2.75, 3.05) is 0 Å². The summed E-state index contributed by atoms with van der Waals surface area (Å²) in [5, 5.41) is 0. The van der Waals surface area contributed by atoms with Crippen LogP contribution in [0.15, 0.2) is 33.5 Å². The second-order valence-electron chi connectivity index (χ2n) is 8.79. The maximum atomic E-state index is 4.80. The lowest BCUT2D eigenvalue weighted by Gasteiger charge is -2.18. The number of fused-ring (bicyclic) bond motifs is 1. The average Bonchev–Trinajstić information content (AvgIpc) is 3.32. The second-order valence-corrected chi connectivity index (χ2v) is 8.79. The number of allylic oxidation sites excluding steroid dienone is 2. The largest absolute Gasteiger partial charge is 0.263 e. The molecule has 0 saturated heterocycles. The predicted molar refractivity (Wildman–Crippen MR) is 125 cm³/mol. The number of nitrogens with zero attached hydrogens (tertiary/aromatic N) is 2. The summed E-state index contributed by atoms with van der Waals surface area (Å²) in [6.07, 6.45) is 29.6. The van der Waals surface area contributed by atoms with E-state index in [0.29, 0.717) is 5.92 Å². The molecular weight excluding hydrogens is 340 g/mol. The molecule has 0 N–H and O–H groups in total. The first-order valence-corrected chi connectivity index (χ1v) is 12.4. The fourth-order valence-electron chi connectivity index (χ4n) is 4.48. The zero-order chi connectivity index (χ0) is 19.9. The van der Waals surface area contributed by atoms with Crippen molar-refractivity contribution in [2.45, 2.75) is 123 Å². The monoisotopic (exact) mass is 384 g/mol. The molecule has 1 atom stereocenters. The van der Waals surface area contributed by atoms with Crippen LogP contribution in [-0.4, -0.2) is 11.9 Å². The van der Waals surface area contributed by atoms with Gasteiger partial charge in [0.15, 0.2) is 0 Å². The molecule has 1 unspecified atom stereocenters. The van der Waals surface area contributed by atoms with Crippen LogP contribution in [0.4, 0.5) is 0 Å². The van der Waals surface area contributed by atoms with Crippen LogP contribution < -0.4 is 0 Å². The van der Waals surface area contributed by atoms with Crippen molar-refractivity contribution in [1.82, 2.24) is 0 Å². The molecular formula is C26H44N2. The van der Waals surface area contributed by atoms with Gasteiger partial charge in [0.1, 0.15) is 0 Å². The van der Waals surface area contributed by atoms with Crippen molar-refractivity contribution in [3.8, 4) is 0 Å². The molecule has 0 saturated carbocycles. The maximum Gasteiger partial charge on any atom is 0.0529 e. The summed E-state index contributed by atoms with van der Waals surface area (Å²) in [7, 11) is 0. The Morgan fingerprint density at radius 1 is 0.643 bits per heavy atom. The summed E-state index contributed by atoms with van der Waals surface area (Å²) < 4.78 is 0. The van der Waals surface area contributed by atoms with Crippen molar-refractivity contribution < 1.29 is 0 Å². The van der Waals surface area contributed by atoms with Crippen LogP contribution in [0.25, 0.3) is 0 Å². The third-order valence-electron chi connectivity index (χ3n) is 6.30. The smallest absolute Gasteiger partial charge is 0.0529 e. The first-order chi connectivity index (χ1) is 13.9. The molecule has 0 aromatic carbocycles. The molecule has 0 aromatic rings. The first-order valence-electron chi connectivity index (χ1n) is 12.4. The molecule has 28 heavy (non-hydrogen) atoms. The third kappa shape index (κ3) is 8.45. The highest BCUT2D eigenvalue weighted by atomic mass is 14.8. The van der Waals surface area contributed by atoms with Gasteiger partial charge in [0.25, 0.3) is 0 Å². The molecule has 2 aliphatic rings. The van der Waals surface area contributed by atoms with Crippen LogP contribution in [0.2, 0.25) is 0 Å². The van der Waals surface area contributed by atoms with E-state index in [-0.39, 0.29) is 0 Å². The van der Waals surface area contributed by atoms with Gasteiger partial charge in [0, 0.05) is 35.7 Å². The Morgan fingerprint density at radius 2 is 1.14 bits per heavy atom. The van der Waals surface area contributed by atoms with Gasteiger partial charge in [0.2, 0.25) is 0 Å². The summed E-state index contributed by atoms with van der Waals surface area (Å²) in [5.74, 6) is 0.637. The number of hydrogen-bond donors (Lipinski definition) is 0. The van der Waals surface area contributed by atoms with Gasteiger partial charge >= 0.3 is 0 Å². The Balaban J connectivity index is 1.65. The fourth-order valence-corrected chi connectivity index (χ4v) is 4.48. The Morgan fingerprint density at radius 3 is 1.68 bits per heavy atom. The van der Waals surface area contributed by atoms with Gasteiger partial charge in [-0.2, -0.15) is 0 Å². The highest BCUT2D eigenvalue weighted by molar-refractivity contribution is 6.15. The molecule has 2 heteroatoms. The van der Waals surface area contributed by atoms with E-state index >= 15 is 0 Å². The molecule has 0 aromatic heterocycles. The molecule has 2 rings (SSSR count). The van der Waals surface area contributed by atoms with Crippen molar-refractivity contribution in [3.63, 3.8) is 0 Å². The van der Waals surface area contributed by atoms with E-state index in [2.05, 4.69) is 18.8 Å². The van der Waals surface area contributed by atoms with E-state index in [9.17, 15) is 0 Å². The van der Waals surface area contributed by atoms with E-state index < -0.39 is 0 Å². The van der Waals surface area contributed by atoms with Gasteiger partial charge in [-0.1, -0.05) is 110 Å². The van der Waals surface area contributed by atoms with Gasteiger partial charge in [0.05, 0.1) is 5.71 Å². The Kier molecular flexibility index (Phi) is 12.2. The van der Waals surface area contributed by atoms with E-state index in [4.69, 9.17) is 4.99 Å². The minimum atomic E-state index is 0.637. The molecule has 2 heterocycles. The van der Waals surface area contributed by atoms with Gasteiger partial charge in [-0.3, -0.25) is 9.98 Å². The standard InChI is InChI=1S/C26H44N2/c1-3-5-7-9-11-12-13-15-17-19-23(18-16-14-10-8-6-4-2)26-25-22-27-20-24(25)21-28-26/h20-23H,3-19H2,1-2H3.